The predicted molar refractivity (Wildman–Crippen MR) is 110 cm³/mol. The van der Waals surface area contributed by atoms with Crippen molar-refractivity contribution in [3.8, 4) is 0 Å². The second-order valence-electron chi connectivity index (χ2n) is 7.02. The Morgan fingerprint density at radius 1 is 0.963 bits per heavy atom. The maximum Gasteiger partial charge on any atom is 0.434 e. The highest BCUT2D eigenvalue weighted by atomic mass is 16.5. The van der Waals surface area contributed by atoms with Gasteiger partial charge in [-0.2, -0.15) is 4.99 Å². The lowest BCUT2D eigenvalue weighted by atomic mass is 9.79. The van der Waals surface area contributed by atoms with Crippen LogP contribution in [0.1, 0.15) is 45.4 Å². The van der Waals surface area contributed by atoms with Crippen LogP contribution in [0.15, 0.2) is 40.3 Å². The molecule has 0 saturated heterocycles. The average molecular weight is 362 g/mol. The second kappa shape index (κ2) is 7.87. The van der Waals surface area contributed by atoms with Gasteiger partial charge >= 0.3 is 6.09 Å². The number of ether oxygens (including phenoxy) is 1. The summed E-state index contributed by atoms with van der Waals surface area (Å²) in [7, 11) is 1.76. The van der Waals surface area contributed by atoms with Gasteiger partial charge in [-0.25, -0.2) is 4.79 Å². The van der Waals surface area contributed by atoms with Crippen molar-refractivity contribution >= 4 is 17.5 Å². The molecule has 1 amide bonds. The zero-order chi connectivity index (χ0) is 19.6. The summed E-state index contributed by atoms with van der Waals surface area (Å²) in [5.41, 5.74) is 9.82. The highest BCUT2D eigenvalue weighted by molar-refractivity contribution is 6.50. The molecule has 3 rings (SSSR count). The third-order valence-corrected chi connectivity index (χ3v) is 5.62. The molecule has 1 aliphatic rings. The van der Waals surface area contributed by atoms with E-state index in [0.717, 1.165) is 29.7 Å². The minimum absolute atomic E-state index is 0.215. The molecule has 0 N–H and O–H groups in total. The maximum atomic E-state index is 12.4. The minimum Gasteiger partial charge on any atom is -0.443 e. The SMILES string of the molecule is C/N=C1\CCc2c(C)c(C)c(C)c(C)c2\C1=N/C(=O)OCc1ccccc1. The van der Waals surface area contributed by atoms with Crippen molar-refractivity contribution in [1.29, 1.82) is 0 Å². The van der Waals surface area contributed by atoms with Gasteiger partial charge in [-0.05, 0) is 73.9 Å². The Labute approximate surface area is 161 Å². The van der Waals surface area contributed by atoms with Crippen LogP contribution >= 0.6 is 0 Å². The Kier molecular flexibility index (Phi) is 5.54. The first-order valence-corrected chi connectivity index (χ1v) is 9.29. The summed E-state index contributed by atoms with van der Waals surface area (Å²) in [5.74, 6) is 0. The lowest BCUT2D eigenvalue weighted by Gasteiger charge is -2.26. The number of carbonyl (C=O) groups excluding carboxylic acids is 1. The van der Waals surface area contributed by atoms with Crippen molar-refractivity contribution in [1.82, 2.24) is 0 Å². The molecule has 0 atom stereocenters. The summed E-state index contributed by atoms with van der Waals surface area (Å²) < 4.78 is 5.38. The van der Waals surface area contributed by atoms with Crippen LogP contribution in [0.4, 0.5) is 4.79 Å². The number of fused-ring (bicyclic) bond motifs is 1. The van der Waals surface area contributed by atoms with Crippen molar-refractivity contribution < 1.29 is 9.53 Å². The molecule has 0 saturated carbocycles. The van der Waals surface area contributed by atoms with E-state index >= 15 is 0 Å². The topological polar surface area (TPSA) is 51.0 Å². The normalized spacial score (nSPS) is 16.5. The lowest BCUT2D eigenvalue weighted by Crippen LogP contribution is -2.27. The van der Waals surface area contributed by atoms with Crippen molar-refractivity contribution in [2.24, 2.45) is 9.98 Å². The second-order valence-corrected chi connectivity index (χ2v) is 7.02. The fourth-order valence-electron chi connectivity index (χ4n) is 3.71. The highest BCUT2D eigenvalue weighted by Gasteiger charge is 2.27. The van der Waals surface area contributed by atoms with Gasteiger partial charge in [0.25, 0.3) is 0 Å². The molecule has 0 unspecified atom stereocenters. The molecule has 4 nitrogen and oxygen atoms in total. The summed E-state index contributed by atoms with van der Waals surface area (Å²) >= 11 is 0. The highest BCUT2D eigenvalue weighted by Crippen LogP contribution is 2.32. The van der Waals surface area contributed by atoms with E-state index in [1.54, 1.807) is 7.05 Å². The number of hydrogen-bond donors (Lipinski definition) is 0. The van der Waals surface area contributed by atoms with E-state index in [4.69, 9.17) is 4.74 Å². The molecule has 140 valence electrons. The van der Waals surface area contributed by atoms with Gasteiger partial charge in [0.1, 0.15) is 6.61 Å². The first-order chi connectivity index (χ1) is 12.9. The molecule has 0 aliphatic heterocycles. The van der Waals surface area contributed by atoms with Gasteiger partial charge in [0.05, 0.1) is 11.4 Å². The van der Waals surface area contributed by atoms with Gasteiger partial charge in [0.15, 0.2) is 0 Å². The third-order valence-electron chi connectivity index (χ3n) is 5.62. The molecule has 27 heavy (non-hydrogen) atoms. The lowest BCUT2D eigenvalue weighted by molar-refractivity contribution is 0.151. The van der Waals surface area contributed by atoms with Crippen LogP contribution in [0.2, 0.25) is 0 Å². The molecule has 0 radical (unpaired) electrons. The van der Waals surface area contributed by atoms with Crippen molar-refractivity contribution in [2.45, 2.75) is 47.1 Å². The number of rotatable bonds is 2. The maximum absolute atomic E-state index is 12.4. The Bertz CT molecular complexity index is 941. The Morgan fingerprint density at radius 3 is 2.30 bits per heavy atom. The Balaban J connectivity index is 1.99. The van der Waals surface area contributed by atoms with Crippen LogP contribution < -0.4 is 0 Å². The third kappa shape index (κ3) is 3.70. The van der Waals surface area contributed by atoms with E-state index in [0.29, 0.717) is 5.71 Å². The molecule has 0 aromatic heterocycles. The van der Waals surface area contributed by atoms with Gasteiger partial charge < -0.3 is 4.74 Å². The molecule has 0 fully saturated rings. The van der Waals surface area contributed by atoms with Crippen LogP contribution in [-0.2, 0) is 17.8 Å². The van der Waals surface area contributed by atoms with E-state index in [2.05, 4.69) is 37.7 Å². The first kappa shape index (κ1) is 19.0. The molecule has 2 aromatic rings. The molecule has 0 spiro atoms. The predicted octanol–water partition coefficient (Wildman–Crippen LogP) is 5.06. The number of aliphatic imine (C=N–C) groups is 2. The molecule has 4 heteroatoms. The van der Waals surface area contributed by atoms with Crippen LogP contribution in [0.3, 0.4) is 0 Å². The van der Waals surface area contributed by atoms with Gasteiger partial charge in [-0.3, -0.25) is 4.99 Å². The average Bonchev–Trinajstić information content (AvgIpc) is 2.69. The van der Waals surface area contributed by atoms with E-state index in [1.807, 2.05) is 30.3 Å². The molecule has 2 aromatic carbocycles. The Morgan fingerprint density at radius 2 is 1.63 bits per heavy atom. The van der Waals surface area contributed by atoms with E-state index in [1.165, 1.54) is 27.8 Å². The molecular formula is C23H26N2O2. The molecular weight excluding hydrogens is 336 g/mol. The van der Waals surface area contributed by atoms with Gasteiger partial charge in [0, 0.05) is 12.6 Å². The van der Waals surface area contributed by atoms with Crippen LogP contribution in [0.5, 0.6) is 0 Å². The monoisotopic (exact) mass is 362 g/mol. The van der Waals surface area contributed by atoms with Gasteiger partial charge in [0.2, 0.25) is 0 Å². The zero-order valence-electron chi connectivity index (χ0n) is 16.7. The summed E-state index contributed by atoms with van der Waals surface area (Å²) in [4.78, 5) is 21.2. The van der Waals surface area contributed by atoms with Crippen LogP contribution in [0.25, 0.3) is 0 Å². The fraction of sp³-hybridized carbons (Fsp3) is 0.348. The molecule has 0 bridgehead atoms. The molecule has 0 heterocycles. The fourth-order valence-corrected chi connectivity index (χ4v) is 3.71. The van der Waals surface area contributed by atoms with E-state index in [9.17, 15) is 4.79 Å². The number of amides is 1. The number of hydrogen-bond acceptors (Lipinski definition) is 3. The quantitative estimate of drug-likeness (QED) is 0.749. The molecule has 1 aliphatic carbocycles. The van der Waals surface area contributed by atoms with E-state index < -0.39 is 6.09 Å². The van der Waals surface area contributed by atoms with Gasteiger partial charge in [-0.15, -0.1) is 0 Å². The smallest absolute Gasteiger partial charge is 0.434 e. The Hall–Kier alpha value is -2.75. The van der Waals surface area contributed by atoms with Crippen LogP contribution in [0, 0.1) is 27.7 Å². The minimum atomic E-state index is -0.571. The van der Waals surface area contributed by atoms with Crippen molar-refractivity contribution in [3.63, 3.8) is 0 Å². The number of benzene rings is 2. The summed E-state index contributed by atoms with van der Waals surface area (Å²) in [6.45, 7) is 8.75. The zero-order valence-corrected chi connectivity index (χ0v) is 16.7. The largest absolute Gasteiger partial charge is 0.443 e. The standard InChI is InChI=1S/C23H26N2O2/c1-14-15(2)17(4)21-19(16(14)3)11-12-20(24-5)22(21)25-23(26)27-13-18-9-7-6-8-10-18/h6-10H,11-13H2,1-5H3/b24-20+,25-22-. The summed E-state index contributed by atoms with van der Waals surface area (Å²) in [6.07, 6.45) is 1.14. The van der Waals surface area contributed by atoms with Crippen molar-refractivity contribution in [2.75, 3.05) is 7.05 Å². The van der Waals surface area contributed by atoms with E-state index in [-0.39, 0.29) is 6.61 Å². The summed E-state index contributed by atoms with van der Waals surface area (Å²) in [5, 5.41) is 0. The number of nitrogens with zero attached hydrogens (tertiary/aromatic N) is 2. The number of carbonyl (C=O) groups is 1. The van der Waals surface area contributed by atoms with Gasteiger partial charge in [-0.1, -0.05) is 30.3 Å². The van der Waals surface area contributed by atoms with Crippen LogP contribution in [-0.4, -0.2) is 24.6 Å². The summed E-state index contributed by atoms with van der Waals surface area (Å²) in [6, 6.07) is 9.63. The van der Waals surface area contributed by atoms with Crippen molar-refractivity contribution in [3.05, 3.63) is 69.3 Å². The first-order valence-electron chi connectivity index (χ1n) is 9.29.